The zero-order valence-corrected chi connectivity index (χ0v) is 19.4. The molecule has 0 unspecified atom stereocenters. The first-order valence-corrected chi connectivity index (χ1v) is 11.7. The van der Waals surface area contributed by atoms with Gasteiger partial charge in [-0.2, -0.15) is 0 Å². The number of halogens is 1. The van der Waals surface area contributed by atoms with Gasteiger partial charge in [0.05, 0.1) is 6.54 Å². The molecule has 2 heterocycles. The van der Waals surface area contributed by atoms with Crippen LogP contribution in [-0.4, -0.2) is 40.5 Å². The molecule has 6 nitrogen and oxygen atoms in total. The number of anilines is 2. The van der Waals surface area contributed by atoms with Crippen molar-refractivity contribution in [2.45, 2.75) is 45.7 Å². The Kier molecular flexibility index (Phi) is 7.40. The van der Waals surface area contributed by atoms with Gasteiger partial charge in [0.25, 0.3) is 0 Å². The highest BCUT2D eigenvalue weighted by Gasteiger charge is 2.26. The van der Waals surface area contributed by atoms with Gasteiger partial charge in [-0.1, -0.05) is 24.1 Å². The van der Waals surface area contributed by atoms with Gasteiger partial charge in [-0.3, -0.25) is 4.79 Å². The van der Waals surface area contributed by atoms with Crippen LogP contribution >= 0.6 is 0 Å². The van der Waals surface area contributed by atoms with Crippen LogP contribution < -0.4 is 10.6 Å². The fourth-order valence-corrected chi connectivity index (χ4v) is 4.17. The highest BCUT2D eigenvalue weighted by atomic mass is 19.1. The van der Waals surface area contributed by atoms with E-state index in [-0.39, 0.29) is 11.7 Å². The van der Waals surface area contributed by atoms with Gasteiger partial charge in [0.2, 0.25) is 5.91 Å². The zero-order chi connectivity index (χ0) is 23.2. The van der Waals surface area contributed by atoms with Crippen LogP contribution in [0.15, 0.2) is 48.5 Å². The summed E-state index contributed by atoms with van der Waals surface area (Å²) in [4.78, 5) is 19.6. The maximum atomic E-state index is 13.5. The summed E-state index contributed by atoms with van der Waals surface area (Å²) in [5.41, 5.74) is 3.77. The molecule has 174 valence electrons. The Morgan fingerprint density at radius 3 is 2.52 bits per heavy atom. The van der Waals surface area contributed by atoms with Crippen molar-refractivity contribution in [3.8, 4) is 11.3 Å². The fourth-order valence-electron chi connectivity index (χ4n) is 4.17. The smallest absolute Gasteiger partial charge is 0.223 e. The van der Waals surface area contributed by atoms with E-state index in [4.69, 9.17) is 4.98 Å². The van der Waals surface area contributed by atoms with Crippen LogP contribution in [0.2, 0.25) is 0 Å². The topological polar surface area (TPSA) is 62.2 Å². The number of unbranched alkanes of at least 4 members (excludes halogenated alkanes) is 2. The molecule has 0 bridgehead atoms. The molecule has 1 aliphatic rings. The number of imidazole rings is 1. The van der Waals surface area contributed by atoms with Crippen LogP contribution in [0.4, 0.5) is 15.9 Å². The first-order valence-electron chi connectivity index (χ1n) is 11.7. The van der Waals surface area contributed by atoms with Crippen molar-refractivity contribution in [3.05, 3.63) is 65.7 Å². The normalized spacial score (nSPS) is 13.1. The summed E-state index contributed by atoms with van der Waals surface area (Å²) in [6.45, 7) is 4.85. The van der Waals surface area contributed by atoms with Crippen LogP contribution in [0.1, 0.15) is 37.1 Å². The number of rotatable bonds is 9. The predicted molar refractivity (Wildman–Crippen MR) is 130 cm³/mol. The highest BCUT2D eigenvalue weighted by Crippen LogP contribution is 2.33. The van der Waals surface area contributed by atoms with Crippen molar-refractivity contribution in [3.63, 3.8) is 0 Å². The minimum Gasteiger partial charge on any atom is -0.340 e. The molecular weight excluding hydrogens is 417 g/mol. The number of aromatic nitrogens is 2. The number of hydrogen-bond donors (Lipinski definition) is 2. The van der Waals surface area contributed by atoms with Crippen molar-refractivity contribution in [1.82, 2.24) is 19.8 Å². The van der Waals surface area contributed by atoms with Crippen LogP contribution in [0.5, 0.6) is 0 Å². The second kappa shape index (κ2) is 10.6. The SMILES string of the molecule is CNCCCCCC(=O)N1CCn2c(nc(-c3ccc(F)cc3)c2Nc2ccc(C)cc2)C1. The Morgan fingerprint density at radius 1 is 1.03 bits per heavy atom. The number of benzene rings is 2. The summed E-state index contributed by atoms with van der Waals surface area (Å²) >= 11 is 0. The van der Waals surface area contributed by atoms with Crippen molar-refractivity contribution >= 4 is 17.4 Å². The van der Waals surface area contributed by atoms with Gasteiger partial charge in [0.15, 0.2) is 0 Å². The molecule has 33 heavy (non-hydrogen) atoms. The third-order valence-electron chi connectivity index (χ3n) is 6.07. The average molecular weight is 450 g/mol. The Hall–Kier alpha value is -3.19. The number of nitrogens with one attached hydrogen (secondary N) is 2. The van der Waals surface area contributed by atoms with Gasteiger partial charge in [-0.25, -0.2) is 9.37 Å². The second-order valence-electron chi connectivity index (χ2n) is 8.60. The Labute approximate surface area is 194 Å². The number of nitrogens with zero attached hydrogens (tertiary/aromatic N) is 3. The first kappa shape index (κ1) is 23.0. The Bertz CT molecular complexity index is 1080. The first-order chi connectivity index (χ1) is 16.0. The van der Waals surface area contributed by atoms with Crippen molar-refractivity contribution in [2.24, 2.45) is 0 Å². The number of carbonyl (C=O) groups excluding carboxylic acids is 1. The van der Waals surface area contributed by atoms with Gasteiger partial charge in [-0.05, 0) is 69.8 Å². The van der Waals surface area contributed by atoms with Crippen molar-refractivity contribution in [1.29, 1.82) is 0 Å². The van der Waals surface area contributed by atoms with Gasteiger partial charge >= 0.3 is 0 Å². The maximum absolute atomic E-state index is 13.5. The Balaban J connectivity index is 1.55. The highest BCUT2D eigenvalue weighted by molar-refractivity contribution is 5.78. The molecule has 2 aromatic carbocycles. The van der Waals surface area contributed by atoms with E-state index in [1.165, 1.54) is 17.7 Å². The summed E-state index contributed by atoms with van der Waals surface area (Å²) in [7, 11) is 1.95. The van der Waals surface area contributed by atoms with E-state index in [9.17, 15) is 9.18 Å². The van der Waals surface area contributed by atoms with Crippen LogP contribution in [0.3, 0.4) is 0 Å². The third-order valence-corrected chi connectivity index (χ3v) is 6.07. The molecule has 0 radical (unpaired) electrons. The van der Waals surface area contributed by atoms with E-state index in [2.05, 4.69) is 34.3 Å². The van der Waals surface area contributed by atoms with E-state index in [1.807, 2.05) is 24.1 Å². The van der Waals surface area contributed by atoms with E-state index in [0.29, 0.717) is 26.1 Å². The number of carbonyl (C=O) groups is 1. The number of aryl methyl sites for hydroxylation is 1. The molecule has 0 spiro atoms. The molecule has 3 aromatic rings. The Morgan fingerprint density at radius 2 is 1.79 bits per heavy atom. The number of fused-ring (bicyclic) bond motifs is 1. The van der Waals surface area contributed by atoms with E-state index in [1.54, 1.807) is 12.1 Å². The molecule has 0 saturated heterocycles. The molecule has 1 aliphatic heterocycles. The molecule has 0 fully saturated rings. The molecule has 2 N–H and O–H groups in total. The molecule has 1 aromatic heterocycles. The molecule has 0 atom stereocenters. The zero-order valence-electron chi connectivity index (χ0n) is 19.4. The molecular formula is C26H32FN5O. The standard InChI is InChI=1S/C26H32FN5O/c1-19-7-13-22(14-8-19)29-26-25(20-9-11-21(27)12-10-20)30-23-18-31(16-17-32(23)26)24(33)6-4-3-5-15-28-2/h7-14,28-29H,3-6,15-18H2,1-2H3. The summed E-state index contributed by atoms with van der Waals surface area (Å²) in [6, 6.07) is 14.6. The maximum Gasteiger partial charge on any atom is 0.223 e. The van der Waals surface area contributed by atoms with Gasteiger partial charge in [0.1, 0.15) is 23.2 Å². The van der Waals surface area contributed by atoms with Gasteiger partial charge < -0.3 is 20.1 Å². The summed E-state index contributed by atoms with van der Waals surface area (Å²) in [5.74, 6) is 1.63. The molecule has 4 rings (SSSR count). The van der Waals surface area contributed by atoms with E-state index < -0.39 is 0 Å². The van der Waals surface area contributed by atoms with Gasteiger partial charge in [-0.15, -0.1) is 0 Å². The second-order valence-corrected chi connectivity index (χ2v) is 8.60. The fraction of sp³-hybridized carbons (Fsp3) is 0.385. The lowest BCUT2D eigenvalue weighted by atomic mass is 10.1. The number of hydrogen-bond acceptors (Lipinski definition) is 4. The molecule has 0 aliphatic carbocycles. The lowest BCUT2D eigenvalue weighted by molar-refractivity contribution is -0.132. The summed E-state index contributed by atoms with van der Waals surface area (Å²) in [6.07, 6.45) is 3.62. The lowest BCUT2D eigenvalue weighted by Crippen LogP contribution is -2.38. The molecule has 0 saturated carbocycles. The molecule has 7 heteroatoms. The van der Waals surface area contributed by atoms with Crippen LogP contribution in [0, 0.1) is 12.7 Å². The van der Waals surface area contributed by atoms with E-state index >= 15 is 0 Å². The lowest BCUT2D eigenvalue weighted by Gasteiger charge is -2.28. The number of amides is 1. The molecule has 1 amide bonds. The third kappa shape index (κ3) is 5.60. The van der Waals surface area contributed by atoms with Crippen LogP contribution in [-0.2, 0) is 17.9 Å². The predicted octanol–water partition coefficient (Wildman–Crippen LogP) is 4.86. The average Bonchev–Trinajstić information content (AvgIpc) is 3.18. The minimum atomic E-state index is -0.276. The van der Waals surface area contributed by atoms with Crippen molar-refractivity contribution in [2.75, 3.05) is 25.5 Å². The van der Waals surface area contributed by atoms with Crippen LogP contribution in [0.25, 0.3) is 11.3 Å². The minimum absolute atomic E-state index is 0.185. The summed E-state index contributed by atoms with van der Waals surface area (Å²) in [5, 5.41) is 6.66. The van der Waals surface area contributed by atoms with E-state index in [0.717, 1.165) is 54.4 Å². The monoisotopic (exact) mass is 449 g/mol. The quantitative estimate of drug-likeness (QED) is 0.458. The summed E-state index contributed by atoms with van der Waals surface area (Å²) < 4.78 is 15.7. The van der Waals surface area contributed by atoms with Gasteiger partial charge in [0, 0.05) is 30.8 Å². The largest absolute Gasteiger partial charge is 0.340 e. The van der Waals surface area contributed by atoms with Crippen molar-refractivity contribution < 1.29 is 9.18 Å².